The summed E-state index contributed by atoms with van der Waals surface area (Å²) < 4.78 is 5.96. The zero-order valence-corrected chi connectivity index (χ0v) is 23.9. The molecule has 0 spiro atoms. The van der Waals surface area contributed by atoms with Crippen LogP contribution < -0.4 is 10.5 Å². The normalized spacial score (nSPS) is 15.1. The van der Waals surface area contributed by atoms with Crippen LogP contribution in [0, 0.1) is 0 Å². The van der Waals surface area contributed by atoms with E-state index in [1.54, 1.807) is 0 Å². The number of piperazine rings is 1. The number of nitrogens with two attached hydrogens (primary N) is 1. The highest BCUT2D eigenvalue weighted by Crippen LogP contribution is 2.30. The lowest BCUT2D eigenvalue weighted by Gasteiger charge is -2.40. The molecule has 2 amide bonds. The van der Waals surface area contributed by atoms with Gasteiger partial charge in [-0.15, -0.1) is 0 Å². The molecule has 0 bridgehead atoms. The van der Waals surface area contributed by atoms with Crippen molar-refractivity contribution in [1.29, 1.82) is 0 Å². The van der Waals surface area contributed by atoms with E-state index in [0.717, 1.165) is 69.2 Å². The summed E-state index contributed by atoms with van der Waals surface area (Å²) in [5.74, 6) is 0.891. The van der Waals surface area contributed by atoms with Gasteiger partial charge in [-0.25, -0.2) is 9.86 Å². The van der Waals surface area contributed by atoms with Crippen molar-refractivity contribution in [3.05, 3.63) is 101 Å². The molecule has 1 saturated heterocycles. The molecule has 214 valence electrons. The van der Waals surface area contributed by atoms with Crippen LogP contribution in [0.2, 0.25) is 5.02 Å². The summed E-state index contributed by atoms with van der Waals surface area (Å²) in [6.07, 6.45) is 4.59. The summed E-state index contributed by atoms with van der Waals surface area (Å²) in [6, 6.07) is 26.6. The van der Waals surface area contributed by atoms with E-state index in [9.17, 15) is 10.0 Å². The predicted molar refractivity (Wildman–Crippen MR) is 160 cm³/mol. The topological polar surface area (TPSA) is 82.3 Å². The van der Waals surface area contributed by atoms with E-state index in [0.29, 0.717) is 18.1 Å². The third-order valence-corrected chi connectivity index (χ3v) is 7.73. The van der Waals surface area contributed by atoms with E-state index in [-0.39, 0.29) is 12.6 Å². The van der Waals surface area contributed by atoms with Crippen molar-refractivity contribution in [3.8, 4) is 5.75 Å². The SMILES string of the molecule is NC(=O)N(O)CCCCc1ccc(OCCCCN2CCN([C@H](c3ccccc3)c3ccc(Cl)cc3)CC2)cc1. The maximum absolute atomic E-state index is 10.8. The zero-order valence-electron chi connectivity index (χ0n) is 23.1. The standard InChI is InChI=1S/C32H41ClN4O3/c33-29-15-13-28(14-16-29)31(27-9-2-1-3-10-27)36-23-21-35(22-24-36)19-6-7-25-40-30-17-11-26(12-18-30)8-4-5-20-37(39)32(34)38/h1-3,9-18,31,39H,4-8,19-25H2,(H2,34,38)/t31-/m1/s1. The molecule has 0 aliphatic carbocycles. The number of halogens is 1. The Kier molecular flexibility index (Phi) is 11.7. The van der Waals surface area contributed by atoms with Crippen LogP contribution in [0.15, 0.2) is 78.9 Å². The Labute approximate surface area is 243 Å². The fourth-order valence-electron chi connectivity index (χ4n) is 5.22. The van der Waals surface area contributed by atoms with E-state index in [1.165, 1.54) is 16.7 Å². The minimum absolute atomic E-state index is 0.244. The number of nitrogens with zero attached hydrogens (tertiary/aromatic N) is 3. The average molecular weight is 565 g/mol. The molecule has 4 rings (SSSR count). The van der Waals surface area contributed by atoms with Crippen LogP contribution in [0.25, 0.3) is 0 Å². The Morgan fingerprint density at radius 2 is 1.55 bits per heavy atom. The molecular weight excluding hydrogens is 524 g/mol. The summed E-state index contributed by atoms with van der Waals surface area (Å²) in [7, 11) is 0. The summed E-state index contributed by atoms with van der Waals surface area (Å²) in [5, 5.41) is 10.6. The number of ether oxygens (including phenoxy) is 1. The van der Waals surface area contributed by atoms with Gasteiger partial charge in [-0.3, -0.25) is 10.1 Å². The molecule has 0 unspecified atom stereocenters. The fraction of sp³-hybridized carbons (Fsp3) is 0.406. The zero-order chi connectivity index (χ0) is 28.2. The molecule has 0 saturated carbocycles. The molecule has 3 aromatic rings. The van der Waals surface area contributed by atoms with Crippen molar-refractivity contribution >= 4 is 17.6 Å². The number of aryl methyl sites for hydroxylation is 1. The Balaban J connectivity index is 1.13. The van der Waals surface area contributed by atoms with Gasteiger partial charge in [0.1, 0.15) is 5.75 Å². The summed E-state index contributed by atoms with van der Waals surface area (Å²) >= 11 is 6.17. The van der Waals surface area contributed by atoms with Gasteiger partial charge in [0.15, 0.2) is 0 Å². The monoisotopic (exact) mass is 564 g/mol. The number of hydrogen-bond acceptors (Lipinski definition) is 5. The molecule has 1 heterocycles. The minimum Gasteiger partial charge on any atom is -0.494 e. The van der Waals surface area contributed by atoms with Gasteiger partial charge in [-0.05, 0) is 79.6 Å². The molecule has 1 atom stereocenters. The summed E-state index contributed by atoms with van der Waals surface area (Å²) in [5.41, 5.74) is 8.83. The minimum atomic E-state index is -0.814. The molecule has 3 N–H and O–H groups in total. The third kappa shape index (κ3) is 9.24. The quantitative estimate of drug-likeness (QED) is 0.143. The smallest absolute Gasteiger partial charge is 0.338 e. The molecule has 8 heteroatoms. The first kappa shape index (κ1) is 29.9. The molecule has 1 fully saturated rings. The molecule has 1 aliphatic heterocycles. The van der Waals surface area contributed by atoms with Gasteiger partial charge in [0.05, 0.1) is 19.2 Å². The van der Waals surface area contributed by atoms with Crippen LogP contribution in [0.1, 0.15) is 48.4 Å². The molecule has 40 heavy (non-hydrogen) atoms. The molecular formula is C32H41ClN4O3. The third-order valence-electron chi connectivity index (χ3n) is 7.47. The van der Waals surface area contributed by atoms with Gasteiger partial charge in [-0.1, -0.05) is 66.2 Å². The van der Waals surface area contributed by atoms with Crippen molar-refractivity contribution in [1.82, 2.24) is 14.9 Å². The first-order chi connectivity index (χ1) is 19.5. The van der Waals surface area contributed by atoms with Crippen molar-refractivity contribution in [3.63, 3.8) is 0 Å². The molecule has 1 aliphatic rings. The van der Waals surface area contributed by atoms with Crippen LogP contribution in [0.5, 0.6) is 5.75 Å². The number of urea groups is 1. The lowest BCUT2D eigenvalue weighted by molar-refractivity contribution is -0.0402. The number of amides is 2. The van der Waals surface area contributed by atoms with Crippen LogP contribution >= 0.6 is 11.6 Å². The second kappa shape index (κ2) is 15.6. The van der Waals surface area contributed by atoms with E-state index >= 15 is 0 Å². The van der Waals surface area contributed by atoms with Gasteiger partial charge >= 0.3 is 6.03 Å². The number of primary amides is 1. The Hall–Kier alpha value is -3.10. The maximum Gasteiger partial charge on any atom is 0.338 e. The fourth-order valence-corrected chi connectivity index (χ4v) is 5.35. The summed E-state index contributed by atoms with van der Waals surface area (Å²) in [4.78, 5) is 16.0. The van der Waals surface area contributed by atoms with Crippen LogP contribution in [-0.2, 0) is 6.42 Å². The highest BCUT2D eigenvalue weighted by molar-refractivity contribution is 6.30. The number of benzene rings is 3. The predicted octanol–water partition coefficient (Wildman–Crippen LogP) is 6.00. The van der Waals surface area contributed by atoms with E-state index in [1.807, 2.05) is 24.3 Å². The first-order valence-corrected chi connectivity index (χ1v) is 14.6. The van der Waals surface area contributed by atoms with Crippen LogP contribution in [-0.4, -0.2) is 72.0 Å². The van der Waals surface area contributed by atoms with E-state index in [2.05, 4.69) is 64.4 Å². The molecule has 7 nitrogen and oxygen atoms in total. The lowest BCUT2D eigenvalue weighted by Crippen LogP contribution is -2.48. The number of hydroxylamine groups is 2. The highest BCUT2D eigenvalue weighted by Gasteiger charge is 2.26. The van der Waals surface area contributed by atoms with Gasteiger partial charge in [0.2, 0.25) is 0 Å². The van der Waals surface area contributed by atoms with Crippen LogP contribution in [0.4, 0.5) is 4.79 Å². The van der Waals surface area contributed by atoms with Gasteiger partial charge in [0, 0.05) is 31.2 Å². The molecule has 0 aromatic heterocycles. The Morgan fingerprint density at radius 1 is 0.875 bits per heavy atom. The van der Waals surface area contributed by atoms with Crippen molar-refractivity contribution in [2.75, 3.05) is 45.9 Å². The molecule has 3 aromatic carbocycles. The first-order valence-electron chi connectivity index (χ1n) is 14.2. The second-order valence-corrected chi connectivity index (χ2v) is 10.8. The number of carbonyl (C=O) groups excluding carboxylic acids is 1. The average Bonchev–Trinajstić information content (AvgIpc) is 2.98. The number of unbranched alkanes of at least 4 members (excludes halogenated alkanes) is 2. The number of carbonyl (C=O) groups is 1. The Bertz CT molecular complexity index is 1150. The highest BCUT2D eigenvalue weighted by atomic mass is 35.5. The van der Waals surface area contributed by atoms with Crippen molar-refractivity contribution in [2.45, 2.75) is 38.1 Å². The lowest BCUT2D eigenvalue weighted by atomic mass is 9.96. The molecule has 0 radical (unpaired) electrons. The maximum atomic E-state index is 10.8. The number of rotatable bonds is 14. The van der Waals surface area contributed by atoms with Gasteiger partial charge in [-0.2, -0.15) is 0 Å². The van der Waals surface area contributed by atoms with E-state index < -0.39 is 6.03 Å². The Morgan fingerprint density at radius 3 is 2.23 bits per heavy atom. The number of hydrogen-bond donors (Lipinski definition) is 2. The largest absolute Gasteiger partial charge is 0.494 e. The van der Waals surface area contributed by atoms with Crippen molar-refractivity contribution in [2.24, 2.45) is 5.73 Å². The van der Waals surface area contributed by atoms with Crippen molar-refractivity contribution < 1.29 is 14.7 Å². The van der Waals surface area contributed by atoms with Gasteiger partial charge < -0.3 is 15.4 Å². The van der Waals surface area contributed by atoms with E-state index in [4.69, 9.17) is 22.1 Å². The second-order valence-electron chi connectivity index (χ2n) is 10.4. The van der Waals surface area contributed by atoms with Gasteiger partial charge in [0.25, 0.3) is 0 Å². The van der Waals surface area contributed by atoms with Crippen LogP contribution in [0.3, 0.4) is 0 Å². The summed E-state index contributed by atoms with van der Waals surface area (Å²) in [6.45, 7) is 6.27.